The van der Waals surface area contributed by atoms with Crippen molar-refractivity contribution < 1.29 is 4.39 Å². The SMILES string of the molecule is NC(c1ccccc1)c1ccc(F)c2ccccc12. The quantitative estimate of drug-likeness (QED) is 0.731. The molecule has 19 heavy (non-hydrogen) atoms. The van der Waals surface area contributed by atoms with Gasteiger partial charge >= 0.3 is 0 Å². The van der Waals surface area contributed by atoms with Gasteiger partial charge in [-0.15, -0.1) is 0 Å². The average molecular weight is 251 g/mol. The molecule has 0 radical (unpaired) electrons. The Kier molecular flexibility index (Phi) is 3.02. The number of halogens is 1. The summed E-state index contributed by atoms with van der Waals surface area (Å²) < 4.78 is 13.8. The smallest absolute Gasteiger partial charge is 0.131 e. The van der Waals surface area contributed by atoms with Crippen LogP contribution < -0.4 is 5.73 Å². The summed E-state index contributed by atoms with van der Waals surface area (Å²) in [5, 5.41) is 1.49. The number of fused-ring (bicyclic) bond motifs is 1. The molecule has 0 aromatic heterocycles. The molecule has 94 valence electrons. The lowest BCUT2D eigenvalue weighted by Gasteiger charge is -2.15. The third-order valence-corrected chi connectivity index (χ3v) is 3.40. The van der Waals surface area contributed by atoms with E-state index in [1.54, 1.807) is 12.1 Å². The van der Waals surface area contributed by atoms with E-state index in [9.17, 15) is 4.39 Å². The first-order valence-electron chi connectivity index (χ1n) is 6.25. The second kappa shape index (κ2) is 4.82. The number of benzene rings is 3. The van der Waals surface area contributed by atoms with Gasteiger partial charge in [0.1, 0.15) is 5.82 Å². The lowest BCUT2D eigenvalue weighted by molar-refractivity contribution is 0.639. The van der Waals surface area contributed by atoms with Gasteiger partial charge in [0.05, 0.1) is 6.04 Å². The molecule has 0 aliphatic rings. The van der Waals surface area contributed by atoms with Gasteiger partial charge < -0.3 is 5.73 Å². The lowest BCUT2D eigenvalue weighted by Crippen LogP contribution is -2.12. The van der Waals surface area contributed by atoms with E-state index in [4.69, 9.17) is 5.73 Å². The van der Waals surface area contributed by atoms with E-state index in [0.29, 0.717) is 5.39 Å². The third kappa shape index (κ3) is 2.11. The molecular weight excluding hydrogens is 237 g/mol. The van der Waals surface area contributed by atoms with Crippen molar-refractivity contribution in [3.05, 3.63) is 83.7 Å². The number of hydrogen-bond acceptors (Lipinski definition) is 1. The van der Waals surface area contributed by atoms with Crippen LogP contribution in [0.2, 0.25) is 0 Å². The van der Waals surface area contributed by atoms with Crippen LogP contribution in [0.3, 0.4) is 0 Å². The van der Waals surface area contributed by atoms with Gasteiger partial charge in [-0.2, -0.15) is 0 Å². The van der Waals surface area contributed by atoms with Crippen molar-refractivity contribution in [2.45, 2.75) is 6.04 Å². The fourth-order valence-corrected chi connectivity index (χ4v) is 2.40. The third-order valence-electron chi connectivity index (χ3n) is 3.40. The Labute approximate surface area is 111 Å². The minimum Gasteiger partial charge on any atom is -0.320 e. The topological polar surface area (TPSA) is 26.0 Å². The van der Waals surface area contributed by atoms with Crippen molar-refractivity contribution in [2.24, 2.45) is 5.73 Å². The van der Waals surface area contributed by atoms with Crippen LogP contribution in [0.15, 0.2) is 66.7 Å². The molecule has 2 heteroatoms. The highest BCUT2D eigenvalue weighted by atomic mass is 19.1. The summed E-state index contributed by atoms with van der Waals surface area (Å²) in [5.41, 5.74) is 8.28. The molecule has 0 spiro atoms. The van der Waals surface area contributed by atoms with E-state index in [0.717, 1.165) is 16.5 Å². The highest BCUT2D eigenvalue weighted by molar-refractivity contribution is 5.87. The van der Waals surface area contributed by atoms with Gasteiger partial charge in [-0.25, -0.2) is 4.39 Å². The highest BCUT2D eigenvalue weighted by Crippen LogP contribution is 2.28. The monoisotopic (exact) mass is 251 g/mol. The van der Waals surface area contributed by atoms with Crippen LogP contribution in [-0.4, -0.2) is 0 Å². The van der Waals surface area contributed by atoms with Crippen molar-refractivity contribution >= 4 is 10.8 Å². The molecule has 1 atom stereocenters. The Bertz CT molecular complexity index is 707. The van der Waals surface area contributed by atoms with E-state index >= 15 is 0 Å². The zero-order chi connectivity index (χ0) is 13.2. The summed E-state index contributed by atoms with van der Waals surface area (Å²) in [6.07, 6.45) is 0. The maximum atomic E-state index is 13.8. The van der Waals surface area contributed by atoms with E-state index in [1.807, 2.05) is 48.5 Å². The van der Waals surface area contributed by atoms with Gasteiger partial charge in [0.15, 0.2) is 0 Å². The predicted molar refractivity (Wildman–Crippen MR) is 76.4 cm³/mol. The second-order valence-electron chi connectivity index (χ2n) is 4.57. The minimum absolute atomic E-state index is 0.209. The van der Waals surface area contributed by atoms with Crippen molar-refractivity contribution in [3.8, 4) is 0 Å². The maximum absolute atomic E-state index is 13.8. The molecule has 0 bridgehead atoms. The van der Waals surface area contributed by atoms with Crippen LogP contribution in [0, 0.1) is 5.82 Å². The van der Waals surface area contributed by atoms with Crippen LogP contribution in [-0.2, 0) is 0 Å². The molecule has 0 fully saturated rings. The molecule has 0 amide bonds. The largest absolute Gasteiger partial charge is 0.320 e. The Balaban J connectivity index is 2.18. The van der Waals surface area contributed by atoms with Gasteiger partial charge in [0.2, 0.25) is 0 Å². The number of hydrogen-bond donors (Lipinski definition) is 1. The van der Waals surface area contributed by atoms with Gasteiger partial charge in [-0.3, -0.25) is 0 Å². The van der Waals surface area contributed by atoms with Crippen molar-refractivity contribution in [2.75, 3.05) is 0 Å². The van der Waals surface area contributed by atoms with Crippen molar-refractivity contribution in [3.63, 3.8) is 0 Å². The van der Waals surface area contributed by atoms with Crippen LogP contribution >= 0.6 is 0 Å². The van der Waals surface area contributed by atoms with Crippen LogP contribution in [0.5, 0.6) is 0 Å². The zero-order valence-electron chi connectivity index (χ0n) is 10.4. The molecule has 1 nitrogen and oxygen atoms in total. The molecular formula is C17H14FN. The minimum atomic E-state index is -0.244. The van der Waals surface area contributed by atoms with Gasteiger partial charge in [0, 0.05) is 5.39 Å². The van der Waals surface area contributed by atoms with Gasteiger partial charge in [0.25, 0.3) is 0 Å². The average Bonchev–Trinajstić information content (AvgIpc) is 2.48. The van der Waals surface area contributed by atoms with Crippen molar-refractivity contribution in [1.29, 1.82) is 0 Å². The van der Waals surface area contributed by atoms with Crippen LogP contribution in [0.25, 0.3) is 10.8 Å². The Morgan fingerprint density at radius 3 is 2.11 bits per heavy atom. The summed E-state index contributed by atoms with van der Waals surface area (Å²) >= 11 is 0. The Morgan fingerprint density at radius 2 is 1.37 bits per heavy atom. The van der Waals surface area contributed by atoms with Gasteiger partial charge in [-0.1, -0.05) is 60.7 Å². The molecule has 0 heterocycles. The summed E-state index contributed by atoms with van der Waals surface area (Å²) in [4.78, 5) is 0. The number of nitrogens with two attached hydrogens (primary N) is 1. The summed E-state index contributed by atoms with van der Waals surface area (Å²) in [7, 11) is 0. The zero-order valence-corrected chi connectivity index (χ0v) is 10.4. The molecule has 3 rings (SSSR count). The van der Waals surface area contributed by atoms with Crippen LogP contribution in [0.4, 0.5) is 4.39 Å². The fourth-order valence-electron chi connectivity index (χ4n) is 2.40. The normalized spacial score (nSPS) is 12.5. The molecule has 3 aromatic carbocycles. The molecule has 0 saturated carbocycles. The molecule has 3 aromatic rings. The van der Waals surface area contributed by atoms with Crippen molar-refractivity contribution in [1.82, 2.24) is 0 Å². The highest BCUT2D eigenvalue weighted by Gasteiger charge is 2.13. The molecule has 0 aliphatic carbocycles. The summed E-state index contributed by atoms with van der Waals surface area (Å²) in [6, 6.07) is 20.3. The molecule has 0 saturated heterocycles. The van der Waals surface area contributed by atoms with E-state index in [-0.39, 0.29) is 11.9 Å². The summed E-state index contributed by atoms with van der Waals surface area (Å²) in [6.45, 7) is 0. The maximum Gasteiger partial charge on any atom is 0.131 e. The van der Waals surface area contributed by atoms with Gasteiger partial charge in [-0.05, 0) is 22.6 Å². The molecule has 2 N–H and O–H groups in total. The predicted octanol–water partition coefficient (Wildman–Crippen LogP) is 4.03. The fraction of sp³-hybridized carbons (Fsp3) is 0.0588. The molecule has 1 unspecified atom stereocenters. The van der Waals surface area contributed by atoms with E-state index < -0.39 is 0 Å². The number of rotatable bonds is 2. The van der Waals surface area contributed by atoms with E-state index in [2.05, 4.69) is 0 Å². The first-order chi connectivity index (χ1) is 9.27. The lowest BCUT2D eigenvalue weighted by atomic mass is 9.94. The summed E-state index contributed by atoms with van der Waals surface area (Å²) in [5.74, 6) is -0.209. The molecule has 0 aliphatic heterocycles. The van der Waals surface area contributed by atoms with E-state index in [1.165, 1.54) is 6.07 Å². The standard InChI is InChI=1S/C17H14FN/c18-16-11-10-15(13-8-4-5-9-14(13)16)17(19)12-6-2-1-3-7-12/h1-11,17H,19H2. The Morgan fingerprint density at radius 1 is 0.737 bits per heavy atom. The Hall–Kier alpha value is -2.19. The second-order valence-corrected chi connectivity index (χ2v) is 4.57. The first-order valence-corrected chi connectivity index (χ1v) is 6.25. The first kappa shape index (κ1) is 11.9. The van der Waals surface area contributed by atoms with Crippen LogP contribution in [0.1, 0.15) is 17.2 Å².